The predicted octanol–water partition coefficient (Wildman–Crippen LogP) is 3.99. The smallest absolute Gasteiger partial charge is 0.124 e. The summed E-state index contributed by atoms with van der Waals surface area (Å²) in [5.74, 6) is 0.899. The van der Waals surface area contributed by atoms with Crippen molar-refractivity contribution in [2.75, 3.05) is 35.7 Å². The molecule has 132 valence electrons. The Morgan fingerprint density at radius 3 is 2.32 bits per heavy atom. The Bertz CT molecular complexity index is 730. The second-order valence-electron chi connectivity index (χ2n) is 6.77. The molecule has 1 heterocycles. The largest absolute Gasteiger partial charge is 0.388 e. The quantitative estimate of drug-likeness (QED) is 0.491. The number of nitrogens with zero attached hydrogens (tertiary/aromatic N) is 1. The van der Waals surface area contributed by atoms with Crippen molar-refractivity contribution in [2.45, 2.75) is 19.8 Å². The summed E-state index contributed by atoms with van der Waals surface area (Å²) < 4.78 is 0. The lowest BCUT2D eigenvalue weighted by molar-refractivity contribution is 0.438. The van der Waals surface area contributed by atoms with Gasteiger partial charge in [-0.3, -0.25) is 5.41 Å². The standard InChI is InChI=1S/C20H27N5/c1-14-9-11-25(12-10-14)17-6-3-15(4-7-17)24-16-5-8-19(23-2)18(13-16)20(21)22/h3-8,13-14,23-24H,9-12H2,1-2H3,(H3,21,22). The lowest BCUT2D eigenvalue weighted by atomic mass is 9.99. The zero-order valence-corrected chi connectivity index (χ0v) is 15.0. The van der Waals surface area contributed by atoms with Gasteiger partial charge in [0.05, 0.1) is 0 Å². The Balaban J connectivity index is 1.71. The highest BCUT2D eigenvalue weighted by atomic mass is 15.1. The lowest BCUT2D eigenvalue weighted by Gasteiger charge is -2.32. The number of amidine groups is 1. The van der Waals surface area contributed by atoms with Crippen LogP contribution in [-0.2, 0) is 0 Å². The number of anilines is 4. The Morgan fingerprint density at radius 2 is 1.72 bits per heavy atom. The van der Waals surface area contributed by atoms with Crippen molar-refractivity contribution in [3.63, 3.8) is 0 Å². The molecular formula is C20H27N5. The van der Waals surface area contributed by atoms with Crippen LogP contribution in [0, 0.1) is 11.3 Å². The van der Waals surface area contributed by atoms with E-state index in [9.17, 15) is 0 Å². The summed E-state index contributed by atoms with van der Waals surface area (Å²) in [7, 11) is 1.83. The van der Waals surface area contributed by atoms with Crippen molar-refractivity contribution in [2.24, 2.45) is 11.7 Å². The van der Waals surface area contributed by atoms with Gasteiger partial charge in [-0.1, -0.05) is 6.92 Å². The maximum atomic E-state index is 7.72. The molecule has 0 saturated carbocycles. The van der Waals surface area contributed by atoms with E-state index in [1.165, 1.54) is 18.5 Å². The molecule has 3 rings (SSSR count). The van der Waals surface area contributed by atoms with Crippen LogP contribution >= 0.6 is 0 Å². The minimum absolute atomic E-state index is 0.0580. The SMILES string of the molecule is CNc1ccc(Nc2ccc(N3CCC(C)CC3)cc2)cc1C(=N)N. The fraction of sp³-hybridized carbons (Fsp3) is 0.350. The molecule has 1 aliphatic rings. The van der Waals surface area contributed by atoms with Crippen LogP contribution in [-0.4, -0.2) is 26.0 Å². The molecular weight excluding hydrogens is 310 g/mol. The molecule has 0 radical (unpaired) electrons. The van der Waals surface area contributed by atoms with Crippen LogP contribution < -0.4 is 21.3 Å². The monoisotopic (exact) mass is 337 g/mol. The predicted molar refractivity (Wildman–Crippen MR) is 107 cm³/mol. The zero-order valence-electron chi connectivity index (χ0n) is 15.0. The van der Waals surface area contributed by atoms with E-state index < -0.39 is 0 Å². The molecule has 0 aromatic heterocycles. The van der Waals surface area contributed by atoms with E-state index in [0.717, 1.165) is 36.1 Å². The number of nitrogens with two attached hydrogens (primary N) is 1. The summed E-state index contributed by atoms with van der Waals surface area (Å²) in [6, 6.07) is 14.4. The summed E-state index contributed by atoms with van der Waals surface area (Å²) in [6.45, 7) is 4.61. The molecule has 0 bridgehead atoms. The minimum atomic E-state index is 0.0580. The molecule has 0 unspecified atom stereocenters. The van der Waals surface area contributed by atoms with Gasteiger partial charge in [-0.05, 0) is 61.2 Å². The van der Waals surface area contributed by atoms with Crippen molar-refractivity contribution < 1.29 is 0 Å². The van der Waals surface area contributed by atoms with Crippen LogP contribution in [0.15, 0.2) is 42.5 Å². The van der Waals surface area contributed by atoms with Crippen molar-refractivity contribution >= 4 is 28.6 Å². The third kappa shape index (κ3) is 4.05. The summed E-state index contributed by atoms with van der Waals surface area (Å²) >= 11 is 0. The van der Waals surface area contributed by atoms with Crippen LogP contribution in [0.2, 0.25) is 0 Å². The van der Waals surface area contributed by atoms with Gasteiger partial charge < -0.3 is 21.3 Å². The first-order chi connectivity index (χ1) is 12.1. The van der Waals surface area contributed by atoms with E-state index >= 15 is 0 Å². The normalized spacial score (nSPS) is 15.0. The average molecular weight is 337 g/mol. The van der Waals surface area contributed by atoms with Gasteiger partial charge in [0.15, 0.2) is 0 Å². The maximum Gasteiger partial charge on any atom is 0.124 e. The highest BCUT2D eigenvalue weighted by Gasteiger charge is 2.15. The summed E-state index contributed by atoms with van der Waals surface area (Å²) in [4.78, 5) is 2.46. The first-order valence-electron chi connectivity index (χ1n) is 8.85. The number of nitrogens with one attached hydrogen (secondary N) is 3. The molecule has 5 N–H and O–H groups in total. The Hall–Kier alpha value is -2.69. The molecule has 2 aromatic rings. The maximum absolute atomic E-state index is 7.72. The van der Waals surface area contributed by atoms with Crippen LogP contribution in [0.4, 0.5) is 22.7 Å². The van der Waals surface area contributed by atoms with Gasteiger partial charge in [-0.2, -0.15) is 0 Å². The fourth-order valence-corrected chi connectivity index (χ4v) is 3.25. The number of benzene rings is 2. The van der Waals surface area contributed by atoms with E-state index in [2.05, 4.69) is 46.7 Å². The minimum Gasteiger partial charge on any atom is -0.388 e. The second-order valence-corrected chi connectivity index (χ2v) is 6.77. The van der Waals surface area contributed by atoms with E-state index in [1.54, 1.807) is 0 Å². The zero-order chi connectivity index (χ0) is 17.8. The molecule has 5 nitrogen and oxygen atoms in total. The topological polar surface area (TPSA) is 77.2 Å². The number of rotatable bonds is 5. The average Bonchev–Trinajstić information content (AvgIpc) is 2.63. The van der Waals surface area contributed by atoms with Gasteiger partial charge in [-0.15, -0.1) is 0 Å². The summed E-state index contributed by atoms with van der Waals surface area (Å²) in [5, 5.41) is 14.2. The third-order valence-electron chi connectivity index (χ3n) is 4.88. The molecule has 0 aliphatic carbocycles. The highest BCUT2D eigenvalue weighted by molar-refractivity contribution is 6.01. The van der Waals surface area contributed by atoms with Gasteiger partial charge >= 0.3 is 0 Å². The van der Waals surface area contributed by atoms with Crippen molar-refractivity contribution in [1.29, 1.82) is 5.41 Å². The first-order valence-corrected chi connectivity index (χ1v) is 8.85. The number of hydrogen-bond acceptors (Lipinski definition) is 4. The van der Waals surface area contributed by atoms with Crippen LogP contribution in [0.3, 0.4) is 0 Å². The molecule has 25 heavy (non-hydrogen) atoms. The summed E-state index contributed by atoms with van der Waals surface area (Å²) in [6.07, 6.45) is 2.54. The molecule has 0 amide bonds. The van der Waals surface area contributed by atoms with Gasteiger partial charge in [0.1, 0.15) is 5.84 Å². The fourth-order valence-electron chi connectivity index (χ4n) is 3.25. The Morgan fingerprint density at radius 1 is 1.08 bits per heavy atom. The molecule has 1 fully saturated rings. The molecule has 5 heteroatoms. The molecule has 0 spiro atoms. The Labute approximate surface area is 149 Å². The third-order valence-corrected chi connectivity index (χ3v) is 4.88. The molecule has 1 aliphatic heterocycles. The van der Waals surface area contributed by atoms with Crippen LogP contribution in [0.5, 0.6) is 0 Å². The van der Waals surface area contributed by atoms with E-state index in [0.29, 0.717) is 5.56 Å². The van der Waals surface area contributed by atoms with Crippen LogP contribution in [0.1, 0.15) is 25.3 Å². The first kappa shape index (κ1) is 17.1. The number of nitrogen functional groups attached to an aromatic ring is 1. The van der Waals surface area contributed by atoms with E-state index in [4.69, 9.17) is 11.1 Å². The van der Waals surface area contributed by atoms with Gasteiger partial charge in [0.2, 0.25) is 0 Å². The highest BCUT2D eigenvalue weighted by Crippen LogP contribution is 2.27. The summed E-state index contributed by atoms with van der Waals surface area (Å²) in [5.41, 5.74) is 10.5. The van der Waals surface area contributed by atoms with Crippen molar-refractivity contribution in [3.05, 3.63) is 48.0 Å². The lowest BCUT2D eigenvalue weighted by Crippen LogP contribution is -2.32. The Kier molecular flexibility index (Phi) is 5.12. The van der Waals surface area contributed by atoms with E-state index in [1.807, 2.05) is 25.2 Å². The number of piperidine rings is 1. The molecule has 2 aromatic carbocycles. The number of hydrogen-bond donors (Lipinski definition) is 4. The molecule has 1 saturated heterocycles. The van der Waals surface area contributed by atoms with Gasteiger partial charge in [-0.25, -0.2) is 0 Å². The van der Waals surface area contributed by atoms with Crippen molar-refractivity contribution in [3.8, 4) is 0 Å². The van der Waals surface area contributed by atoms with Gasteiger partial charge in [0.25, 0.3) is 0 Å². The second kappa shape index (κ2) is 7.47. The van der Waals surface area contributed by atoms with E-state index in [-0.39, 0.29) is 5.84 Å². The van der Waals surface area contributed by atoms with Gasteiger partial charge in [0, 0.05) is 48.5 Å². The van der Waals surface area contributed by atoms with Crippen LogP contribution in [0.25, 0.3) is 0 Å². The molecule has 0 atom stereocenters. The van der Waals surface area contributed by atoms with Crippen molar-refractivity contribution in [1.82, 2.24) is 0 Å².